The van der Waals surface area contributed by atoms with Gasteiger partial charge in [-0.1, -0.05) is 31.4 Å². The minimum Gasteiger partial charge on any atom is -0.394 e. The van der Waals surface area contributed by atoms with Crippen molar-refractivity contribution >= 4 is 11.8 Å². The van der Waals surface area contributed by atoms with Crippen molar-refractivity contribution in [3.8, 4) is 0 Å². The number of hydrogen-bond acceptors (Lipinski definition) is 5. The number of ether oxygens (including phenoxy) is 2. The molecule has 0 radical (unpaired) electrons. The van der Waals surface area contributed by atoms with Crippen molar-refractivity contribution in [2.75, 3.05) is 26.4 Å². The number of aliphatic hydroxyl groups is 1. The van der Waals surface area contributed by atoms with E-state index < -0.39 is 6.10 Å². The van der Waals surface area contributed by atoms with Crippen LogP contribution in [0.15, 0.2) is 12.2 Å². The van der Waals surface area contributed by atoms with E-state index in [4.69, 9.17) is 9.47 Å². The van der Waals surface area contributed by atoms with Crippen LogP contribution < -0.4 is 10.6 Å². The molecule has 0 bridgehead atoms. The fourth-order valence-corrected chi connectivity index (χ4v) is 4.28. The topological polar surface area (TPSA) is 96.9 Å². The summed E-state index contributed by atoms with van der Waals surface area (Å²) in [6, 6.07) is -0.373. The van der Waals surface area contributed by atoms with Gasteiger partial charge in [0.05, 0.1) is 25.2 Å². The van der Waals surface area contributed by atoms with Gasteiger partial charge in [0.25, 0.3) is 0 Å². The van der Waals surface area contributed by atoms with Crippen LogP contribution in [-0.2, 0) is 19.1 Å². The van der Waals surface area contributed by atoms with Gasteiger partial charge >= 0.3 is 0 Å². The number of carbonyl (C=O) groups excluding carboxylic acids is 2. The van der Waals surface area contributed by atoms with Crippen LogP contribution in [0.2, 0.25) is 0 Å². The van der Waals surface area contributed by atoms with Gasteiger partial charge in [-0.05, 0) is 31.6 Å². The van der Waals surface area contributed by atoms with Crippen LogP contribution >= 0.6 is 0 Å². The Morgan fingerprint density at radius 1 is 1.04 bits per heavy atom. The molecule has 158 valence electrons. The Labute approximate surface area is 167 Å². The van der Waals surface area contributed by atoms with Crippen molar-refractivity contribution < 1.29 is 24.2 Å². The maximum absolute atomic E-state index is 12.4. The van der Waals surface area contributed by atoms with Crippen LogP contribution in [0.5, 0.6) is 0 Å². The highest BCUT2D eigenvalue weighted by Crippen LogP contribution is 2.23. The molecule has 2 fully saturated rings. The average molecular weight is 395 g/mol. The monoisotopic (exact) mass is 394 g/mol. The first-order valence-electron chi connectivity index (χ1n) is 10.7. The predicted octanol–water partition coefficient (Wildman–Crippen LogP) is 1.30. The van der Waals surface area contributed by atoms with Gasteiger partial charge in [-0.3, -0.25) is 9.59 Å². The highest BCUT2D eigenvalue weighted by atomic mass is 16.5. The molecule has 2 heterocycles. The molecule has 0 spiro atoms. The summed E-state index contributed by atoms with van der Waals surface area (Å²) < 4.78 is 11.2. The Morgan fingerprint density at radius 3 is 2.50 bits per heavy atom. The maximum Gasteiger partial charge on any atom is 0.223 e. The predicted molar refractivity (Wildman–Crippen MR) is 105 cm³/mol. The minimum atomic E-state index is -0.537. The third kappa shape index (κ3) is 6.29. The summed E-state index contributed by atoms with van der Waals surface area (Å²) in [4.78, 5) is 24.7. The lowest BCUT2D eigenvalue weighted by molar-refractivity contribution is -0.132. The molecule has 0 aromatic rings. The van der Waals surface area contributed by atoms with Crippen LogP contribution in [0, 0.1) is 11.8 Å². The number of aliphatic hydroxyl groups excluding tert-OH is 1. The van der Waals surface area contributed by atoms with Crippen molar-refractivity contribution in [1.29, 1.82) is 0 Å². The summed E-state index contributed by atoms with van der Waals surface area (Å²) in [5, 5.41) is 15.7. The van der Waals surface area contributed by atoms with Crippen LogP contribution in [0.3, 0.4) is 0 Å². The fraction of sp³-hybridized carbons (Fsp3) is 0.810. The van der Waals surface area contributed by atoms with E-state index in [-0.39, 0.29) is 42.9 Å². The molecular formula is C21H34N2O5. The molecule has 3 atom stereocenters. The quantitative estimate of drug-likeness (QED) is 0.566. The first kappa shape index (κ1) is 21.3. The van der Waals surface area contributed by atoms with Crippen LogP contribution in [-0.4, -0.2) is 61.5 Å². The second-order valence-corrected chi connectivity index (χ2v) is 8.21. The van der Waals surface area contributed by atoms with E-state index in [1.165, 1.54) is 32.1 Å². The molecule has 0 unspecified atom stereocenters. The lowest BCUT2D eigenvalue weighted by Crippen LogP contribution is -2.51. The van der Waals surface area contributed by atoms with Gasteiger partial charge in [0.15, 0.2) is 0 Å². The lowest BCUT2D eigenvalue weighted by Gasteiger charge is -2.33. The van der Waals surface area contributed by atoms with Gasteiger partial charge in [0.2, 0.25) is 11.8 Å². The smallest absolute Gasteiger partial charge is 0.223 e. The van der Waals surface area contributed by atoms with Crippen molar-refractivity contribution in [3.63, 3.8) is 0 Å². The van der Waals surface area contributed by atoms with Crippen molar-refractivity contribution in [2.24, 2.45) is 11.8 Å². The van der Waals surface area contributed by atoms with Gasteiger partial charge in [-0.15, -0.1) is 0 Å². The SMILES string of the molecule is O=C(C[C@@H]1C=C[C@H](NC(=O)C2CCOCC2)[C@@H](CO)O1)NCC1CCCCC1. The van der Waals surface area contributed by atoms with Gasteiger partial charge < -0.3 is 25.2 Å². The van der Waals surface area contributed by atoms with Crippen LogP contribution in [0.1, 0.15) is 51.4 Å². The van der Waals surface area contributed by atoms with E-state index in [1.807, 2.05) is 12.2 Å². The highest BCUT2D eigenvalue weighted by molar-refractivity contribution is 5.79. The molecule has 0 aromatic heterocycles. The molecule has 7 heteroatoms. The molecule has 3 rings (SSSR count). The zero-order chi connectivity index (χ0) is 19.8. The summed E-state index contributed by atoms with van der Waals surface area (Å²) >= 11 is 0. The molecule has 1 saturated heterocycles. The summed E-state index contributed by atoms with van der Waals surface area (Å²) in [5.74, 6) is 0.491. The molecule has 3 aliphatic rings. The van der Waals surface area contributed by atoms with Gasteiger partial charge in [-0.25, -0.2) is 0 Å². The highest BCUT2D eigenvalue weighted by Gasteiger charge is 2.31. The molecule has 0 aromatic carbocycles. The van der Waals surface area contributed by atoms with E-state index in [0.717, 1.165) is 19.4 Å². The fourth-order valence-electron chi connectivity index (χ4n) is 4.28. The third-order valence-electron chi connectivity index (χ3n) is 6.06. The van der Waals surface area contributed by atoms with Crippen LogP contribution in [0.25, 0.3) is 0 Å². The van der Waals surface area contributed by atoms with Crippen molar-refractivity contribution in [1.82, 2.24) is 10.6 Å². The summed E-state index contributed by atoms with van der Waals surface area (Å²) in [7, 11) is 0. The molecule has 2 aliphatic heterocycles. The molecular weight excluding hydrogens is 360 g/mol. The average Bonchev–Trinajstić information content (AvgIpc) is 2.74. The normalized spacial score (nSPS) is 29.4. The maximum atomic E-state index is 12.4. The lowest BCUT2D eigenvalue weighted by atomic mass is 9.89. The van der Waals surface area contributed by atoms with E-state index in [0.29, 0.717) is 19.1 Å². The molecule has 1 aliphatic carbocycles. The Morgan fingerprint density at radius 2 is 1.79 bits per heavy atom. The van der Waals surface area contributed by atoms with E-state index in [9.17, 15) is 14.7 Å². The third-order valence-corrected chi connectivity index (χ3v) is 6.06. The van der Waals surface area contributed by atoms with Gasteiger partial charge in [0, 0.05) is 25.7 Å². The molecule has 7 nitrogen and oxygen atoms in total. The zero-order valence-electron chi connectivity index (χ0n) is 16.6. The number of rotatable bonds is 7. The first-order chi connectivity index (χ1) is 13.7. The van der Waals surface area contributed by atoms with E-state index in [2.05, 4.69) is 10.6 Å². The van der Waals surface area contributed by atoms with E-state index >= 15 is 0 Å². The largest absolute Gasteiger partial charge is 0.394 e. The number of amides is 2. The standard InChI is InChI=1S/C21H34N2O5/c24-14-19-18(23-21(26)16-8-10-27-11-9-16)7-6-17(28-19)12-20(25)22-13-15-4-2-1-3-5-15/h6-7,15-19,24H,1-5,8-14H2,(H,22,25)(H,23,26)/t17-,18-,19+/m0/s1. The Bertz CT molecular complexity index is 541. The van der Waals surface area contributed by atoms with Gasteiger partial charge in [0.1, 0.15) is 6.10 Å². The minimum absolute atomic E-state index is 0.0244. The Balaban J connectivity index is 1.44. The van der Waals surface area contributed by atoms with Gasteiger partial charge in [-0.2, -0.15) is 0 Å². The Hall–Kier alpha value is -1.44. The zero-order valence-corrected chi connectivity index (χ0v) is 16.6. The van der Waals surface area contributed by atoms with Crippen molar-refractivity contribution in [3.05, 3.63) is 12.2 Å². The van der Waals surface area contributed by atoms with E-state index in [1.54, 1.807) is 0 Å². The van der Waals surface area contributed by atoms with Crippen LogP contribution in [0.4, 0.5) is 0 Å². The number of nitrogens with one attached hydrogen (secondary N) is 2. The Kier molecular flexibility index (Phi) is 8.30. The first-order valence-corrected chi connectivity index (χ1v) is 10.7. The summed E-state index contributed by atoms with van der Waals surface area (Å²) in [6.07, 6.45) is 10.6. The number of hydrogen-bond donors (Lipinski definition) is 3. The molecule has 28 heavy (non-hydrogen) atoms. The summed E-state index contributed by atoms with van der Waals surface area (Å²) in [6.45, 7) is 1.75. The van der Waals surface area contributed by atoms with Crippen molar-refractivity contribution in [2.45, 2.75) is 69.6 Å². The molecule has 3 N–H and O–H groups in total. The second kappa shape index (κ2) is 10.9. The summed E-state index contributed by atoms with van der Waals surface area (Å²) in [5.41, 5.74) is 0. The molecule has 2 amide bonds. The number of carbonyl (C=O) groups is 2. The second-order valence-electron chi connectivity index (χ2n) is 8.21. The molecule has 1 saturated carbocycles.